The molecular weight excluding hydrogens is 300 g/mol. The van der Waals surface area contributed by atoms with Crippen molar-refractivity contribution in [3.8, 4) is 0 Å². The van der Waals surface area contributed by atoms with Crippen molar-refractivity contribution in [2.45, 2.75) is 13.3 Å². The molecule has 2 amide bonds. The molecule has 0 unspecified atom stereocenters. The fraction of sp³-hybridized carbons (Fsp3) is 0.300. The van der Waals surface area contributed by atoms with Crippen molar-refractivity contribution in [3.05, 3.63) is 71.3 Å². The van der Waals surface area contributed by atoms with Gasteiger partial charge in [0, 0.05) is 31.7 Å². The first-order chi connectivity index (χ1) is 11.6. The minimum absolute atomic E-state index is 0.0432. The summed E-state index contributed by atoms with van der Waals surface area (Å²) in [6, 6.07) is 17.3. The molecule has 24 heavy (non-hydrogen) atoms. The van der Waals surface area contributed by atoms with Gasteiger partial charge >= 0.3 is 0 Å². The number of carbonyl (C=O) groups is 2. The second kappa shape index (κ2) is 7.30. The lowest BCUT2D eigenvalue weighted by Gasteiger charge is -2.35. The van der Waals surface area contributed by atoms with E-state index in [0.29, 0.717) is 38.2 Å². The number of benzene rings is 2. The van der Waals surface area contributed by atoms with E-state index in [9.17, 15) is 9.59 Å². The van der Waals surface area contributed by atoms with E-state index in [-0.39, 0.29) is 11.8 Å². The van der Waals surface area contributed by atoms with Crippen LogP contribution in [-0.2, 0) is 11.2 Å². The van der Waals surface area contributed by atoms with Crippen molar-refractivity contribution in [2.75, 3.05) is 26.2 Å². The third kappa shape index (κ3) is 3.65. The van der Waals surface area contributed by atoms with E-state index in [0.717, 1.165) is 11.1 Å². The number of aryl methyl sites for hydroxylation is 1. The van der Waals surface area contributed by atoms with Crippen LogP contribution in [0.4, 0.5) is 0 Å². The Kier molecular flexibility index (Phi) is 4.94. The molecule has 124 valence electrons. The maximum atomic E-state index is 12.5. The summed E-state index contributed by atoms with van der Waals surface area (Å²) in [7, 11) is 0. The summed E-state index contributed by atoms with van der Waals surface area (Å²) < 4.78 is 0. The summed E-state index contributed by atoms with van der Waals surface area (Å²) in [6.07, 6.45) is 0.430. The van der Waals surface area contributed by atoms with E-state index >= 15 is 0 Å². The van der Waals surface area contributed by atoms with Crippen LogP contribution in [0.5, 0.6) is 0 Å². The molecule has 0 atom stereocenters. The second-order valence-electron chi connectivity index (χ2n) is 6.14. The Balaban J connectivity index is 1.56. The number of hydrogen-bond donors (Lipinski definition) is 0. The minimum Gasteiger partial charge on any atom is -0.339 e. The van der Waals surface area contributed by atoms with E-state index in [4.69, 9.17) is 0 Å². The molecule has 0 aliphatic carbocycles. The van der Waals surface area contributed by atoms with Gasteiger partial charge in [0.2, 0.25) is 5.91 Å². The van der Waals surface area contributed by atoms with E-state index < -0.39 is 0 Å². The van der Waals surface area contributed by atoms with Crippen LogP contribution in [0.3, 0.4) is 0 Å². The van der Waals surface area contributed by atoms with Crippen LogP contribution in [0.1, 0.15) is 21.5 Å². The molecule has 0 aromatic heterocycles. The standard InChI is InChI=1S/C20H22N2O2/c1-16-7-5-6-10-18(16)15-19(23)21-11-13-22(14-12-21)20(24)17-8-3-2-4-9-17/h2-10H,11-15H2,1H3. The molecule has 1 fully saturated rings. The van der Waals surface area contributed by atoms with Crippen molar-refractivity contribution in [2.24, 2.45) is 0 Å². The molecule has 2 aromatic rings. The zero-order valence-electron chi connectivity index (χ0n) is 13.9. The SMILES string of the molecule is Cc1ccccc1CC(=O)N1CCN(C(=O)c2ccccc2)CC1. The first-order valence-corrected chi connectivity index (χ1v) is 8.32. The van der Waals surface area contributed by atoms with Crippen LogP contribution in [0.2, 0.25) is 0 Å². The summed E-state index contributed by atoms with van der Waals surface area (Å²) in [5.41, 5.74) is 2.92. The van der Waals surface area contributed by atoms with Crippen molar-refractivity contribution in [3.63, 3.8) is 0 Å². The van der Waals surface area contributed by atoms with Gasteiger partial charge in [0.25, 0.3) is 5.91 Å². The zero-order chi connectivity index (χ0) is 16.9. The smallest absolute Gasteiger partial charge is 0.253 e. The molecule has 2 aromatic carbocycles. The van der Waals surface area contributed by atoms with Crippen LogP contribution in [0.25, 0.3) is 0 Å². The second-order valence-corrected chi connectivity index (χ2v) is 6.14. The highest BCUT2D eigenvalue weighted by atomic mass is 16.2. The van der Waals surface area contributed by atoms with Gasteiger partial charge in [0.05, 0.1) is 6.42 Å². The first-order valence-electron chi connectivity index (χ1n) is 8.32. The van der Waals surface area contributed by atoms with Gasteiger partial charge in [-0.3, -0.25) is 9.59 Å². The van der Waals surface area contributed by atoms with Crippen LogP contribution >= 0.6 is 0 Å². The molecule has 4 nitrogen and oxygen atoms in total. The molecule has 4 heteroatoms. The normalized spacial score (nSPS) is 14.5. The van der Waals surface area contributed by atoms with Crippen LogP contribution in [-0.4, -0.2) is 47.8 Å². The first kappa shape index (κ1) is 16.2. The third-order valence-corrected chi connectivity index (χ3v) is 4.54. The lowest BCUT2D eigenvalue weighted by atomic mass is 10.1. The summed E-state index contributed by atoms with van der Waals surface area (Å²) in [4.78, 5) is 28.6. The highest BCUT2D eigenvalue weighted by Gasteiger charge is 2.24. The Morgan fingerprint density at radius 2 is 1.42 bits per heavy atom. The van der Waals surface area contributed by atoms with Crippen molar-refractivity contribution in [1.29, 1.82) is 0 Å². The summed E-state index contributed by atoms with van der Waals surface area (Å²) >= 11 is 0. The lowest BCUT2D eigenvalue weighted by molar-refractivity contribution is -0.131. The minimum atomic E-state index is 0.0432. The highest BCUT2D eigenvalue weighted by Crippen LogP contribution is 2.12. The monoisotopic (exact) mass is 322 g/mol. The molecule has 0 N–H and O–H groups in total. The fourth-order valence-corrected chi connectivity index (χ4v) is 3.01. The quantitative estimate of drug-likeness (QED) is 0.871. The average molecular weight is 322 g/mol. The molecule has 3 rings (SSSR count). The molecule has 1 aliphatic heterocycles. The molecule has 1 saturated heterocycles. The van der Waals surface area contributed by atoms with Gasteiger partial charge < -0.3 is 9.80 Å². The number of rotatable bonds is 3. The number of piperazine rings is 1. The average Bonchev–Trinajstić information content (AvgIpc) is 2.64. The maximum absolute atomic E-state index is 12.5. The van der Waals surface area contributed by atoms with Crippen molar-refractivity contribution in [1.82, 2.24) is 9.80 Å². The summed E-state index contributed by atoms with van der Waals surface area (Å²) in [6.45, 7) is 4.41. The predicted octanol–water partition coefficient (Wildman–Crippen LogP) is 2.52. The largest absolute Gasteiger partial charge is 0.339 e. The number of hydrogen-bond acceptors (Lipinski definition) is 2. The summed E-state index contributed by atoms with van der Waals surface area (Å²) in [5, 5.41) is 0. The molecule has 0 saturated carbocycles. The Morgan fingerprint density at radius 3 is 2.08 bits per heavy atom. The van der Waals surface area contributed by atoms with E-state index in [1.165, 1.54) is 0 Å². The Labute approximate surface area is 142 Å². The van der Waals surface area contributed by atoms with Gasteiger partial charge in [-0.25, -0.2) is 0 Å². The van der Waals surface area contributed by atoms with Crippen molar-refractivity contribution >= 4 is 11.8 Å². The molecule has 1 aliphatic rings. The fourth-order valence-electron chi connectivity index (χ4n) is 3.01. The van der Waals surface area contributed by atoms with Gasteiger partial charge in [0.1, 0.15) is 0 Å². The van der Waals surface area contributed by atoms with E-state index in [1.54, 1.807) is 0 Å². The van der Waals surface area contributed by atoms with Gasteiger partial charge in [-0.2, -0.15) is 0 Å². The predicted molar refractivity (Wildman–Crippen MR) is 93.8 cm³/mol. The Hall–Kier alpha value is -2.62. The molecular formula is C20H22N2O2. The van der Waals surface area contributed by atoms with E-state index in [2.05, 4.69) is 0 Å². The van der Waals surface area contributed by atoms with Gasteiger partial charge in [-0.1, -0.05) is 42.5 Å². The van der Waals surface area contributed by atoms with Gasteiger partial charge in [-0.05, 0) is 30.2 Å². The third-order valence-electron chi connectivity index (χ3n) is 4.54. The van der Waals surface area contributed by atoms with Crippen molar-refractivity contribution < 1.29 is 9.59 Å². The summed E-state index contributed by atoms with van der Waals surface area (Å²) in [5.74, 6) is 0.178. The van der Waals surface area contributed by atoms with E-state index in [1.807, 2.05) is 71.3 Å². The number of amides is 2. The highest BCUT2D eigenvalue weighted by molar-refractivity contribution is 5.94. The van der Waals surface area contributed by atoms with Gasteiger partial charge in [-0.15, -0.1) is 0 Å². The van der Waals surface area contributed by atoms with Crippen LogP contribution in [0.15, 0.2) is 54.6 Å². The molecule has 0 radical (unpaired) electrons. The lowest BCUT2D eigenvalue weighted by Crippen LogP contribution is -2.51. The number of carbonyl (C=O) groups excluding carboxylic acids is 2. The Morgan fingerprint density at radius 1 is 0.833 bits per heavy atom. The zero-order valence-corrected chi connectivity index (χ0v) is 13.9. The maximum Gasteiger partial charge on any atom is 0.253 e. The molecule has 1 heterocycles. The number of nitrogens with zero attached hydrogens (tertiary/aromatic N) is 2. The Bertz CT molecular complexity index is 719. The van der Waals surface area contributed by atoms with Crippen LogP contribution < -0.4 is 0 Å². The molecule has 0 spiro atoms. The van der Waals surface area contributed by atoms with Crippen LogP contribution in [0, 0.1) is 6.92 Å². The van der Waals surface area contributed by atoms with Gasteiger partial charge in [0.15, 0.2) is 0 Å². The topological polar surface area (TPSA) is 40.6 Å². The molecule has 0 bridgehead atoms.